The smallest absolute Gasteiger partial charge is 0.338 e. The highest BCUT2D eigenvalue weighted by atomic mass is 16.7. The number of carbonyl (C=O) groups is 2. The average molecular weight is 310 g/mol. The summed E-state index contributed by atoms with van der Waals surface area (Å²) < 4.78 is 10.6. The molecule has 0 spiro atoms. The number of ketones is 1. The molecule has 2 atom stereocenters. The van der Waals surface area contributed by atoms with E-state index in [0.717, 1.165) is 5.56 Å². The van der Waals surface area contributed by atoms with E-state index in [1.54, 1.807) is 37.3 Å². The van der Waals surface area contributed by atoms with E-state index in [2.05, 4.69) is 0 Å². The van der Waals surface area contributed by atoms with Crippen LogP contribution in [0.3, 0.4) is 0 Å². The summed E-state index contributed by atoms with van der Waals surface area (Å²) in [7, 11) is 0. The van der Waals surface area contributed by atoms with Gasteiger partial charge in [-0.3, -0.25) is 4.79 Å². The van der Waals surface area contributed by atoms with Gasteiger partial charge in [0.1, 0.15) is 5.60 Å². The molecular formula is C19H18O4. The molecule has 0 saturated carbocycles. The van der Waals surface area contributed by atoms with Crippen molar-refractivity contribution in [2.45, 2.75) is 25.6 Å². The number of carbonyl (C=O) groups excluding carboxylic acids is 2. The molecule has 4 heteroatoms. The molecule has 0 aliphatic carbocycles. The minimum absolute atomic E-state index is 0.0515. The molecule has 3 rings (SSSR count). The summed E-state index contributed by atoms with van der Waals surface area (Å²) in [5, 5.41) is 0. The Kier molecular flexibility index (Phi) is 4.01. The summed E-state index contributed by atoms with van der Waals surface area (Å²) >= 11 is 0. The highest BCUT2D eigenvalue weighted by molar-refractivity contribution is 6.09. The minimum Gasteiger partial charge on any atom is -0.464 e. The Morgan fingerprint density at radius 1 is 1.09 bits per heavy atom. The Hall–Kier alpha value is -2.46. The maximum absolute atomic E-state index is 12.5. The molecule has 23 heavy (non-hydrogen) atoms. The molecule has 0 radical (unpaired) electrons. The summed E-state index contributed by atoms with van der Waals surface area (Å²) in [6.07, 6.45) is -0.607. The van der Waals surface area contributed by atoms with Crippen LogP contribution in [0, 0.1) is 0 Å². The second kappa shape index (κ2) is 5.97. The first-order valence-electron chi connectivity index (χ1n) is 7.61. The van der Waals surface area contributed by atoms with Crippen LogP contribution in [-0.4, -0.2) is 24.5 Å². The van der Waals surface area contributed by atoms with E-state index in [1.807, 2.05) is 31.2 Å². The summed E-state index contributed by atoms with van der Waals surface area (Å²) in [5.41, 5.74) is 1.29. The zero-order chi connectivity index (χ0) is 16.4. The van der Waals surface area contributed by atoms with Crippen molar-refractivity contribution in [2.75, 3.05) is 6.61 Å². The van der Waals surface area contributed by atoms with Gasteiger partial charge in [0.05, 0.1) is 6.61 Å². The van der Waals surface area contributed by atoms with Gasteiger partial charge in [-0.2, -0.15) is 0 Å². The number of ether oxygens (including phenoxy) is 2. The lowest BCUT2D eigenvalue weighted by Crippen LogP contribution is -2.19. The number of hydrogen-bond donors (Lipinski definition) is 0. The van der Waals surface area contributed by atoms with E-state index in [1.165, 1.54) is 0 Å². The van der Waals surface area contributed by atoms with Gasteiger partial charge in [0, 0.05) is 11.1 Å². The van der Waals surface area contributed by atoms with Crippen LogP contribution in [-0.2, 0) is 19.9 Å². The van der Waals surface area contributed by atoms with E-state index >= 15 is 0 Å². The van der Waals surface area contributed by atoms with Gasteiger partial charge in [0.25, 0.3) is 0 Å². The van der Waals surface area contributed by atoms with Crippen LogP contribution in [0.4, 0.5) is 0 Å². The molecule has 118 valence electrons. The molecule has 1 aliphatic rings. The number of benzene rings is 2. The number of epoxide rings is 1. The molecule has 1 fully saturated rings. The Morgan fingerprint density at radius 2 is 1.78 bits per heavy atom. The minimum atomic E-state index is -0.723. The van der Waals surface area contributed by atoms with Gasteiger partial charge in [0.15, 0.2) is 11.9 Å². The predicted octanol–water partition coefficient (Wildman–Crippen LogP) is 3.09. The van der Waals surface area contributed by atoms with Crippen LogP contribution < -0.4 is 0 Å². The van der Waals surface area contributed by atoms with Gasteiger partial charge >= 0.3 is 5.97 Å². The highest BCUT2D eigenvalue weighted by Crippen LogP contribution is 2.46. The first kappa shape index (κ1) is 15.4. The maximum atomic E-state index is 12.5. The molecule has 2 aromatic carbocycles. The molecule has 0 aromatic heterocycles. The molecule has 0 bridgehead atoms. The average Bonchev–Trinajstić information content (AvgIpc) is 3.29. The lowest BCUT2D eigenvalue weighted by Gasteiger charge is -2.09. The fourth-order valence-corrected chi connectivity index (χ4v) is 2.65. The fourth-order valence-electron chi connectivity index (χ4n) is 2.65. The number of rotatable bonds is 5. The largest absolute Gasteiger partial charge is 0.464 e. The zero-order valence-corrected chi connectivity index (χ0v) is 13.1. The number of esters is 1. The van der Waals surface area contributed by atoms with Crippen LogP contribution in [0.1, 0.15) is 35.3 Å². The van der Waals surface area contributed by atoms with Crippen molar-refractivity contribution in [1.82, 2.24) is 0 Å². The van der Waals surface area contributed by atoms with Gasteiger partial charge in [-0.15, -0.1) is 0 Å². The first-order valence-corrected chi connectivity index (χ1v) is 7.61. The van der Waals surface area contributed by atoms with Gasteiger partial charge in [-0.05, 0) is 25.5 Å². The van der Waals surface area contributed by atoms with E-state index < -0.39 is 11.7 Å². The van der Waals surface area contributed by atoms with Crippen molar-refractivity contribution in [3.8, 4) is 0 Å². The van der Waals surface area contributed by atoms with Crippen LogP contribution in [0.2, 0.25) is 0 Å². The van der Waals surface area contributed by atoms with Crippen LogP contribution >= 0.6 is 0 Å². The molecule has 1 aliphatic heterocycles. The third-order valence-corrected chi connectivity index (χ3v) is 4.04. The Bertz CT molecular complexity index is 738. The van der Waals surface area contributed by atoms with Crippen molar-refractivity contribution >= 4 is 11.8 Å². The number of hydrogen-bond acceptors (Lipinski definition) is 4. The molecule has 1 saturated heterocycles. The second-order valence-corrected chi connectivity index (χ2v) is 5.63. The third kappa shape index (κ3) is 2.90. The van der Waals surface area contributed by atoms with Crippen molar-refractivity contribution in [3.63, 3.8) is 0 Å². The van der Waals surface area contributed by atoms with Gasteiger partial charge < -0.3 is 9.47 Å². The van der Waals surface area contributed by atoms with Crippen molar-refractivity contribution in [1.29, 1.82) is 0 Å². The van der Waals surface area contributed by atoms with Gasteiger partial charge in [-0.25, -0.2) is 4.79 Å². The monoisotopic (exact) mass is 310 g/mol. The molecule has 2 aromatic rings. The van der Waals surface area contributed by atoms with E-state index in [9.17, 15) is 9.59 Å². The molecule has 1 heterocycles. The van der Waals surface area contributed by atoms with Crippen molar-refractivity contribution in [3.05, 3.63) is 71.3 Å². The lowest BCUT2D eigenvalue weighted by atomic mass is 9.93. The Balaban J connectivity index is 1.84. The van der Waals surface area contributed by atoms with Crippen molar-refractivity contribution in [2.24, 2.45) is 0 Å². The fraction of sp³-hybridized carbons (Fsp3) is 0.263. The van der Waals surface area contributed by atoms with E-state index in [0.29, 0.717) is 17.7 Å². The van der Waals surface area contributed by atoms with Crippen LogP contribution in [0.5, 0.6) is 0 Å². The van der Waals surface area contributed by atoms with E-state index in [4.69, 9.17) is 9.47 Å². The second-order valence-electron chi connectivity index (χ2n) is 5.63. The van der Waals surface area contributed by atoms with E-state index in [-0.39, 0.29) is 11.8 Å². The molecule has 2 unspecified atom stereocenters. The SMILES string of the molecule is CCOC(=O)C1OC1(C)c1cccc(C(=O)c2ccccc2)c1. The normalized spacial score (nSPS) is 22.4. The van der Waals surface area contributed by atoms with Crippen molar-refractivity contribution < 1.29 is 19.1 Å². The molecular weight excluding hydrogens is 292 g/mol. The molecule has 0 amide bonds. The molecule has 0 N–H and O–H groups in total. The first-order chi connectivity index (χ1) is 11.1. The zero-order valence-electron chi connectivity index (χ0n) is 13.1. The molecule has 4 nitrogen and oxygen atoms in total. The quantitative estimate of drug-likeness (QED) is 0.484. The predicted molar refractivity (Wildman–Crippen MR) is 85.2 cm³/mol. The summed E-state index contributed by atoms with van der Waals surface area (Å²) in [4.78, 5) is 24.4. The van der Waals surface area contributed by atoms with Crippen LogP contribution in [0.15, 0.2) is 54.6 Å². The highest BCUT2D eigenvalue weighted by Gasteiger charge is 2.59. The Morgan fingerprint density at radius 3 is 2.48 bits per heavy atom. The lowest BCUT2D eigenvalue weighted by molar-refractivity contribution is -0.144. The summed E-state index contributed by atoms with van der Waals surface area (Å²) in [5.74, 6) is -0.417. The standard InChI is InChI=1S/C19H18O4/c1-3-22-18(21)17-19(2,23-17)15-11-7-10-14(12-15)16(20)13-8-5-4-6-9-13/h4-12,17H,3H2,1-2H3. The van der Waals surface area contributed by atoms with Crippen LogP contribution in [0.25, 0.3) is 0 Å². The van der Waals surface area contributed by atoms with Gasteiger partial charge in [-0.1, -0.05) is 48.5 Å². The summed E-state index contributed by atoms with van der Waals surface area (Å²) in [6, 6.07) is 16.3. The van der Waals surface area contributed by atoms with Gasteiger partial charge in [0.2, 0.25) is 0 Å². The summed E-state index contributed by atoms with van der Waals surface area (Å²) in [6.45, 7) is 3.92. The topological polar surface area (TPSA) is 55.9 Å². The third-order valence-electron chi connectivity index (χ3n) is 4.04. The maximum Gasteiger partial charge on any atom is 0.338 e. The Labute approximate surface area is 135 Å².